The molecule has 0 saturated carbocycles. The third kappa shape index (κ3) is 3.69. The highest BCUT2D eigenvalue weighted by Crippen LogP contribution is 2.12. The number of aromatic amines is 2. The number of rotatable bonds is 6. The van der Waals surface area contributed by atoms with Gasteiger partial charge < -0.3 is 9.97 Å². The number of carbonyl (C=O) groups is 1. The molecule has 0 spiro atoms. The van der Waals surface area contributed by atoms with Crippen LogP contribution in [0.3, 0.4) is 0 Å². The first-order valence-electron chi connectivity index (χ1n) is 6.35. The molecule has 1 heterocycles. The molecule has 0 fully saturated rings. The number of unbranched alkanes of at least 4 members (excludes halogenated alkanes) is 1. The molecule has 0 radical (unpaired) electrons. The van der Waals surface area contributed by atoms with Crippen LogP contribution in [-0.4, -0.2) is 22.9 Å². The lowest BCUT2D eigenvalue weighted by atomic mass is 10.1. The molecular weight excluding hydrogens is 244 g/mol. The number of amides is 1. The molecule has 0 atom stereocenters. The summed E-state index contributed by atoms with van der Waals surface area (Å²) in [6, 6.07) is 5.87. The third-order valence-corrected chi connectivity index (χ3v) is 2.96. The minimum atomic E-state index is -0.184. The molecule has 4 N–H and O–H groups in total. The average Bonchev–Trinajstić information content (AvgIpc) is 2.74. The van der Waals surface area contributed by atoms with E-state index in [9.17, 15) is 9.59 Å². The van der Waals surface area contributed by atoms with E-state index in [4.69, 9.17) is 0 Å². The van der Waals surface area contributed by atoms with Crippen LogP contribution < -0.4 is 16.5 Å². The fourth-order valence-corrected chi connectivity index (χ4v) is 2.05. The molecule has 0 aliphatic heterocycles. The van der Waals surface area contributed by atoms with Crippen LogP contribution in [0.1, 0.15) is 24.8 Å². The second-order valence-corrected chi connectivity index (χ2v) is 4.46. The Hall–Kier alpha value is -2.08. The van der Waals surface area contributed by atoms with Crippen molar-refractivity contribution in [3.8, 4) is 0 Å². The maximum atomic E-state index is 11.2. The number of aromatic nitrogens is 2. The number of hydrazine groups is 1. The first kappa shape index (κ1) is 13.4. The lowest BCUT2D eigenvalue weighted by molar-refractivity contribution is -0.122. The summed E-state index contributed by atoms with van der Waals surface area (Å²) in [6.45, 7) is 0. The molecule has 1 aromatic heterocycles. The molecule has 0 bridgehead atoms. The monoisotopic (exact) mass is 262 g/mol. The summed E-state index contributed by atoms with van der Waals surface area (Å²) in [7, 11) is 1.67. The van der Waals surface area contributed by atoms with Gasteiger partial charge in [0.15, 0.2) is 0 Å². The van der Waals surface area contributed by atoms with Gasteiger partial charge in [-0.25, -0.2) is 10.2 Å². The zero-order chi connectivity index (χ0) is 13.7. The number of aryl methyl sites for hydroxylation is 1. The molecule has 0 aliphatic rings. The summed E-state index contributed by atoms with van der Waals surface area (Å²) in [5.74, 6) is 0.00733. The number of carbonyl (C=O) groups excluding carboxylic acids is 1. The smallest absolute Gasteiger partial charge is 0.306 e. The Morgan fingerprint density at radius 2 is 2.00 bits per heavy atom. The minimum Gasteiger partial charge on any atom is -0.306 e. The second-order valence-electron chi connectivity index (χ2n) is 4.46. The third-order valence-electron chi connectivity index (χ3n) is 2.96. The van der Waals surface area contributed by atoms with Gasteiger partial charge in [-0.15, -0.1) is 0 Å². The Bertz CT molecular complexity index is 614. The lowest BCUT2D eigenvalue weighted by Gasteiger charge is -2.03. The molecule has 1 amide bonds. The topological polar surface area (TPSA) is 89.8 Å². The second kappa shape index (κ2) is 6.19. The number of fused-ring (bicyclic) bond motifs is 1. The summed E-state index contributed by atoms with van der Waals surface area (Å²) in [5, 5.41) is 0. The van der Waals surface area contributed by atoms with Crippen LogP contribution in [-0.2, 0) is 11.2 Å². The summed E-state index contributed by atoms with van der Waals surface area (Å²) >= 11 is 0. The molecule has 0 aliphatic carbocycles. The first-order valence-corrected chi connectivity index (χ1v) is 6.35. The Morgan fingerprint density at radius 3 is 2.79 bits per heavy atom. The van der Waals surface area contributed by atoms with Crippen LogP contribution in [0.5, 0.6) is 0 Å². The fourth-order valence-electron chi connectivity index (χ4n) is 2.05. The van der Waals surface area contributed by atoms with Crippen molar-refractivity contribution in [2.45, 2.75) is 25.7 Å². The van der Waals surface area contributed by atoms with E-state index in [1.807, 2.05) is 18.2 Å². The zero-order valence-electron chi connectivity index (χ0n) is 10.9. The molecule has 19 heavy (non-hydrogen) atoms. The van der Waals surface area contributed by atoms with Gasteiger partial charge in [0.1, 0.15) is 0 Å². The molecule has 6 heteroatoms. The van der Waals surface area contributed by atoms with Crippen molar-refractivity contribution in [1.82, 2.24) is 20.8 Å². The number of hydrogen-bond acceptors (Lipinski definition) is 3. The first-order chi connectivity index (χ1) is 9.19. The molecule has 1 aromatic carbocycles. The van der Waals surface area contributed by atoms with Gasteiger partial charge in [-0.1, -0.05) is 6.07 Å². The van der Waals surface area contributed by atoms with Crippen molar-refractivity contribution < 1.29 is 4.79 Å². The van der Waals surface area contributed by atoms with Gasteiger partial charge in [0, 0.05) is 13.5 Å². The molecule has 2 aromatic rings. The predicted molar refractivity (Wildman–Crippen MR) is 73.7 cm³/mol. The number of H-pyrrole nitrogens is 2. The van der Waals surface area contributed by atoms with E-state index < -0.39 is 0 Å². The molecule has 2 rings (SSSR count). The molecule has 0 saturated heterocycles. The predicted octanol–water partition coefficient (Wildman–Crippen LogP) is 0.820. The van der Waals surface area contributed by atoms with Crippen molar-refractivity contribution in [3.05, 3.63) is 34.2 Å². The van der Waals surface area contributed by atoms with E-state index in [2.05, 4.69) is 20.8 Å². The van der Waals surface area contributed by atoms with Gasteiger partial charge in [-0.2, -0.15) is 0 Å². The van der Waals surface area contributed by atoms with E-state index >= 15 is 0 Å². The van der Waals surface area contributed by atoms with Crippen LogP contribution in [0, 0.1) is 0 Å². The Kier molecular flexibility index (Phi) is 4.35. The van der Waals surface area contributed by atoms with Gasteiger partial charge in [0.25, 0.3) is 0 Å². The average molecular weight is 262 g/mol. The number of nitrogens with one attached hydrogen (secondary N) is 4. The van der Waals surface area contributed by atoms with Crippen molar-refractivity contribution in [2.75, 3.05) is 7.05 Å². The van der Waals surface area contributed by atoms with Gasteiger partial charge >= 0.3 is 5.69 Å². The summed E-state index contributed by atoms with van der Waals surface area (Å²) in [5.41, 5.74) is 7.78. The Balaban J connectivity index is 1.84. The number of hydrogen-bond donors (Lipinski definition) is 4. The van der Waals surface area contributed by atoms with Crippen LogP contribution in [0.15, 0.2) is 23.0 Å². The largest absolute Gasteiger partial charge is 0.323 e. The van der Waals surface area contributed by atoms with Gasteiger partial charge in [-0.3, -0.25) is 10.2 Å². The van der Waals surface area contributed by atoms with Crippen LogP contribution in [0.25, 0.3) is 11.0 Å². The molecular formula is C13H18N4O2. The molecule has 0 unspecified atom stereocenters. The van der Waals surface area contributed by atoms with Gasteiger partial charge in [0.2, 0.25) is 5.91 Å². The van der Waals surface area contributed by atoms with Crippen LogP contribution in [0.4, 0.5) is 0 Å². The van der Waals surface area contributed by atoms with Crippen LogP contribution >= 0.6 is 0 Å². The summed E-state index contributed by atoms with van der Waals surface area (Å²) in [4.78, 5) is 27.8. The number of imidazole rings is 1. The maximum absolute atomic E-state index is 11.2. The van der Waals surface area contributed by atoms with E-state index in [0.717, 1.165) is 35.9 Å². The van der Waals surface area contributed by atoms with Gasteiger partial charge in [0.05, 0.1) is 11.0 Å². The highest BCUT2D eigenvalue weighted by Gasteiger charge is 2.02. The highest BCUT2D eigenvalue weighted by atomic mass is 16.2. The van der Waals surface area contributed by atoms with E-state index in [0.29, 0.717) is 6.42 Å². The standard InChI is InChI=1S/C13H18N4O2/c1-14-17-12(18)5-3-2-4-9-6-7-10-11(8-9)16-13(19)15-10/h6-8,14H,2-5H2,1H3,(H,17,18)(H2,15,16,19). The van der Waals surface area contributed by atoms with Crippen molar-refractivity contribution in [3.63, 3.8) is 0 Å². The fraction of sp³-hybridized carbons (Fsp3) is 0.385. The van der Waals surface area contributed by atoms with E-state index in [1.54, 1.807) is 7.05 Å². The summed E-state index contributed by atoms with van der Waals surface area (Å²) < 4.78 is 0. The Morgan fingerprint density at radius 1 is 1.21 bits per heavy atom. The van der Waals surface area contributed by atoms with Crippen LogP contribution in [0.2, 0.25) is 0 Å². The quantitative estimate of drug-likeness (QED) is 0.459. The number of benzene rings is 1. The van der Waals surface area contributed by atoms with E-state index in [-0.39, 0.29) is 11.6 Å². The molecule has 6 nitrogen and oxygen atoms in total. The van der Waals surface area contributed by atoms with E-state index in [1.165, 1.54) is 0 Å². The van der Waals surface area contributed by atoms with Crippen molar-refractivity contribution in [2.24, 2.45) is 0 Å². The maximum Gasteiger partial charge on any atom is 0.323 e. The zero-order valence-corrected chi connectivity index (χ0v) is 10.9. The Labute approximate surface area is 110 Å². The van der Waals surface area contributed by atoms with Gasteiger partial charge in [-0.05, 0) is 37.0 Å². The normalized spacial score (nSPS) is 10.8. The lowest BCUT2D eigenvalue weighted by Crippen LogP contribution is -2.33. The minimum absolute atomic E-state index is 0.00733. The van der Waals surface area contributed by atoms with Crippen molar-refractivity contribution >= 4 is 16.9 Å². The molecule has 102 valence electrons. The van der Waals surface area contributed by atoms with Crippen molar-refractivity contribution in [1.29, 1.82) is 0 Å². The highest BCUT2D eigenvalue weighted by molar-refractivity contribution is 5.75. The SMILES string of the molecule is CNNC(=O)CCCCc1ccc2[nH]c(=O)[nH]c2c1. The summed E-state index contributed by atoms with van der Waals surface area (Å²) in [6.07, 6.45) is 3.20.